The number of nitrogens with two attached hydrogens (primary N) is 1. The van der Waals surface area contributed by atoms with E-state index in [-0.39, 0.29) is 23.8 Å². The molecule has 122 valence electrons. The minimum atomic E-state index is -0.239. The zero-order valence-corrected chi connectivity index (χ0v) is 13.3. The minimum absolute atomic E-state index is 0.0213. The molecule has 0 bridgehead atoms. The Bertz CT molecular complexity index is 854. The van der Waals surface area contributed by atoms with E-state index < -0.39 is 0 Å². The van der Waals surface area contributed by atoms with Gasteiger partial charge in [-0.2, -0.15) is 4.98 Å². The molecule has 2 atom stereocenters. The molecule has 3 N–H and O–H groups in total. The number of nitrogens with one attached hydrogen (secondary N) is 1. The Balaban J connectivity index is 1.74. The van der Waals surface area contributed by atoms with E-state index in [4.69, 9.17) is 5.73 Å². The van der Waals surface area contributed by atoms with E-state index in [1.54, 1.807) is 12.1 Å². The number of aromatic nitrogens is 3. The summed E-state index contributed by atoms with van der Waals surface area (Å²) < 4.78 is 15.0. The van der Waals surface area contributed by atoms with E-state index in [0.717, 1.165) is 17.5 Å². The van der Waals surface area contributed by atoms with Gasteiger partial charge in [-0.15, -0.1) is 5.10 Å². The maximum atomic E-state index is 13.2. The van der Waals surface area contributed by atoms with Crippen LogP contribution < -0.4 is 11.1 Å². The maximum absolute atomic E-state index is 13.2. The number of rotatable bonds is 2. The molecular formula is C18H18FN5. The number of fused-ring (bicyclic) bond motifs is 1. The van der Waals surface area contributed by atoms with Gasteiger partial charge < -0.3 is 11.1 Å². The Hall–Kier alpha value is -2.89. The highest BCUT2D eigenvalue weighted by molar-refractivity contribution is 5.41. The van der Waals surface area contributed by atoms with Crippen LogP contribution in [0.1, 0.15) is 35.2 Å². The third-order valence-electron chi connectivity index (χ3n) is 4.44. The average Bonchev–Trinajstić information content (AvgIpc) is 2.95. The minimum Gasteiger partial charge on any atom is -0.366 e. The van der Waals surface area contributed by atoms with E-state index in [0.29, 0.717) is 5.95 Å². The number of nitrogen functional groups attached to an aromatic ring is 1. The van der Waals surface area contributed by atoms with Crippen molar-refractivity contribution in [3.8, 4) is 0 Å². The lowest BCUT2D eigenvalue weighted by molar-refractivity contribution is 0.431. The quantitative estimate of drug-likeness (QED) is 0.758. The summed E-state index contributed by atoms with van der Waals surface area (Å²) in [6, 6.07) is 15.0. The SMILES string of the molecule is Cc1ccc([C@H]2C[C@H](c3ccc(F)cc3)Nc3nc(N)nn32)cc1. The highest BCUT2D eigenvalue weighted by Gasteiger charge is 2.30. The molecule has 4 rings (SSSR count). The summed E-state index contributed by atoms with van der Waals surface area (Å²) in [5.41, 5.74) is 9.17. The molecule has 0 unspecified atom stereocenters. The van der Waals surface area contributed by atoms with Crippen LogP contribution in [0.3, 0.4) is 0 Å². The molecule has 0 radical (unpaired) electrons. The summed E-state index contributed by atoms with van der Waals surface area (Å²) >= 11 is 0. The Kier molecular flexibility index (Phi) is 3.45. The second-order valence-corrected chi connectivity index (χ2v) is 6.15. The zero-order valence-electron chi connectivity index (χ0n) is 13.3. The van der Waals surface area contributed by atoms with Crippen LogP contribution in [0.5, 0.6) is 0 Å². The zero-order chi connectivity index (χ0) is 16.7. The lowest BCUT2D eigenvalue weighted by Crippen LogP contribution is -2.28. The van der Waals surface area contributed by atoms with E-state index in [2.05, 4.69) is 46.6 Å². The van der Waals surface area contributed by atoms with Gasteiger partial charge in [0, 0.05) is 0 Å². The van der Waals surface area contributed by atoms with Crippen molar-refractivity contribution in [1.29, 1.82) is 0 Å². The summed E-state index contributed by atoms with van der Waals surface area (Å²) in [6.45, 7) is 2.06. The Morgan fingerprint density at radius 2 is 1.75 bits per heavy atom. The first kappa shape index (κ1) is 14.7. The summed E-state index contributed by atoms with van der Waals surface area (Å²) in [5, 5.41) is 7.69. The van der Waals surface area contributed by atoms with Crippen LogP contribution in [-0.2, 0) is 0 Å². The predicted molar refractivity (Wildman–Crippen MR) is 91.1 cm³/mol. The fourth-order valence-corrected chi connectivity index (χ4v) is 3.17. The third-order valence-corrected chi connectivity index (χ3v) is 4.44. The maximum Gasteiger partial charge on any atom is 0.241 e. The van der Waals surface area contributed by atoms with Crippen molar-refractivity contribution in [3.05, 3.63) is 71.0 Å². The normalized spacial score (nSPS) is 19.6. The molecule has 24 heavy (non-hydrogen) atoms. The van der Waals surface area contributed by atoms with Gasteiger partial charge >= 0.3 is 0 Å². The molecule has 1 aliphatic rings. The van der Waals surface area contributed by atoms with E-state index >= 15 is 0 Å². The predicted octanol–water partition coefficient (Wildman–Crippen LogP) is 3.45. The number of halogens is 1. The molecule has 2 aromatic carbocycles. The highest BCUT2D eigenvalue weighted by atomic mass is 19.1. The summed E-state index contributed by atoms with van der Waals surface area (Å²) in [6.07, 6.45) is 0.782. The van der Waals surface area contributed by atoms with Crippen molar-refractivity contribution in [2.75, 3.05) is 11.1 Å². The lowest BCUT2D eigenvalue weighted by Gasteiger charge is -2.31. The molecule has 1 aromatic heterocycles. The van der Waals surface area contributed by atoms with Crippen LogP contribution in [0.2, 0.25) is 0 Å². The van der Waals surface area contributed by atoms with Gasteiger partial charge in [-0.1, -0.05) is 42.0 Å². The van der Waals surface area contributed by atoms with Gasteiger partial charge in [-0.25, -0.2) is 9.07 Å². The smallest absolute Gasteiger partial charge is 0.241 e. The average molecular weight is 323 g/mol. The van der Waals surface area contributed by atoms with E-state index in [9.17, 15) is 4.39 Å². The van der Waals surface area contributed by atoms with Crippen molar-refractivity contribution in [2.24, 2.45) is 0 Å². The van der Waals surface area contributed by atoms with E-state index in [1.165, 1.54) is 17.7 Å². The molecule has 0 amide bonds. The van der Waals surface area contributed by atoms with Crippen molar-refractivity contribution >= 4 is 11.9 Å². The molecule has 5 nitrogen and oxygen atoms in total. The Morgan fingerprint density at radius 1 is 1.08 bits per heavy atom. The van der Waals surface area contributed by atoms with Gasteiger partial charge in [-0.05, 0) is 36.6 Å². The van der Waals surface area contributed by atoms with E-state index in [1.807, 2.05) is 4.68 Å². The molecule has 3 aromatic rings. The summed E-state index contributed by atoms with van der Waals surface area (Å²) in [5.74, 6) is 0.644. The number of nitrogens with zero attached hydrogens (tertiary/aromatic N) is 3. The molecule has 1 aliphatic heterocycles. The van der Waals surface area contributed by atoms with Gasteiger partial charge in [0.2, 0.25) is 11.9 Å². The van der Waals surface area contributed by atoms with Gasteiger partial charge in [0.05, 0.1) is 12.1 Å². The molecule has 0 saturated carbocycles. The summed E-state index contributed by atoms with van der Waals surface area (Å²) in [7, 11) is 0. The topological polar surface area (TPSA) is 68.8 Å². The largest absolute Gasteiger partial charge is 0.366 e. The second-order valence-electron chi connectivity index (χ2n) is 6.15. The van der Waals surface area contributed by atoms with Crippen LogP contribution in [0, 0.1) is 12.7 Å². The van der Waals surface area contributed by atoms with Crippen LogP contribution in [0.25, 0.3) is 0 Å². The summed E-state index contributed by atoms with van der Waals surface area (Å²) in [4.78, 5) is 4.28. The van der Waals surface area contributed by atoms with Crippen molar-refractivity contribution < 1.29 is 4.39 Å². The first-order chi connectivity index (χ1) is 11.6. The van der Waals surface area contributed by atoms with Crippen LogP contribution in [-0.4, -0.2) is 14.8 Å². The molecule has 0 saturated heterocycles. The van der Waals surface area contributed by atoms with Gasteiger partial charge in [0.25, 0.3) is 0 Å². The molecule has 0 aliphatic carbocycles. The number of hydrogen-bond acceptors (Lipinski definition) is 4. The highest BCUT2D eigenvalue weighted by Crippen LogP contribution is 2.37. The molecule has 2 heterocycles. The number of aryl methyl sites for hydroxylation is 1. The standard InChI is InChI=1S/C18H18FN5/c1-11-2-4-13(5-3-11)16-10-15(12-6-8-14(19)9-7-12)21-18-22-17(20)23-24(16)18/h2-9,15-16H,10H2,1H3,(H3,20,21,22,23)/t15-,16-/m1/s1. The first-order valence-corrected chi connectivity index (χ1v) is 7.91. The molecular weight excluding hydrogens is 305 g/mol. The van der Waals surface area contributed by atoms with Gasteiger partial charge in [-0.3, -0.25) is 0 Å². The van der Waals surface area contributed by atoms with Gasteiger partial charge in [0.15, 0.2) is 0 Å². The number of anilines is 2. The molecule has 6 heteroatoms. The number of benzene rings is 2. The third kappa shape index (κ3) is 2.60. The monoisotopic (exact) mass is 323 g/mol. The molecule has 0 fully saturated rings. The first-order valence-electron chi connectivity index (χ1n) is 7.91. The fourth-order valence-electron chi connectivity index (χ4n) is 3.17. The van der Waals surface area contributed by atoms with Crippen LogP contribution >= 0.6 is 0 Å². The van der Waals surface area contributed by atoms with Crippen molar-refractivity contribution in [2.45, 2.75) is 25.4 Å². The molecule has 0 spiro atoms. The lowest BCUT2D eigenvalue weighted by atomic mass is 9.93. The van der Waals surface area contributed by atoms with Crippen LogP contribution in [0.15, 0.2) is 48.5 Å². The second kappa shape index (κ2) is 5.63. The van der Waals surface area contributed by atoms with Gasteiger partial charge in [0.1, 0.15) is 5.82 Å². The van der Waals surface area contributed by atoms with Crippen LogP contribution in [0.4, 0.5) is 16.3 Å². The Labute approximate surface area is 139 Å². The Morgan fingerprint density at radius 3 is 2.46 bits per heavy atom. The van der Waals surface area contributed by atoms with Crippen molar-refractivity contribution in [1.82, 2.24) is 14.8 Å². The fraction of sp³-hybridized carbons (Fsp3) is 0.222. The van der Waals surface area contributed by atoms with Crippen molar-refractivity contribution in [3.63, 3.8) is 0 Å². The number of hydrogen-bond donors (Lipinski definition) is 2.